The van der Waals surface area contributed by atoms with Crippen LogP contribution in [-0.2, 0) is 4.79 Å². The lowest BCUT2D eigenvalue weighted by molar-refractivity contribution is -0.139. The van der Waals surface area contributed by atoms with Gasteiger partial charge in [-0.1, -0.05) is 0 Å². The van der Waals surface area contributed by atoms with Gasteiger partial charge in [0.2, 0.25) is 0 Å². The predicted octanol–water partition coefficient (Wildman–Crippen LogP) is -1.47. The summed E-state index contributed by atoms with van der Waals surface area (Å²) in [5.41, 5.74) is 5.08. The molecule has 0 amide bonds. The van der Waals surface area contributed by atoms with Crippen molar-refractivity contribution >= 4 is 5.97 Å². The number of carboxylic acid groups (broad SMARTS) is 1. The van der Waals surface area contributed by atoms with Gasteiger partial charge in [-0.2, -0.15) is 0 Å². The van der Waals surface area contributed by atoms with Gasteiger partial charge in [0.25, 0.3) is 0 Å². The van der Waals surface area contributed by atoms with E-state index in [2.05, 4.69) is 0 Å². The Morgan fingerprint density at radius 1 is 1.55 bits per heavy atom. The normalized spacial score (nSPS) is 18.9. The van der Waals surface area contributed by atoms with Crippen molar-refractivity contribution in [3.63, 3.8) is 0 Å². The van der Waals surface area contributed by atoms with E-state index in [0.717, 1.165) is 0 Å². The van der Waals surface area contributed by atoms with E-state index < -0.39 is 24.2 Å². The molecule has 0 fully saturated rings. The summed E-state index contributed by atoms with van der Waals surface area (Å²) in [5, 5.41) is 26.0. The minimum atomic E-state index is -1.18. The molecule has 0 aromatic carbocycles. The Hall–Kier alpha value is -0.650. The van der Waals surface area contributed by atoms with E-state index >= 15 is 0 Å². The Labute approximate surface area is 64.4 Å². The van der Waals surface area contributed by atoms with Crippen molar-refractivity contribution in [2.45, 2.75) is 31.6 Å². The van der Waals surface area contributed by atoms with Gasteiger partial charge in [-0.3, -0.25) is 4.79 Å². The van der Waals surface area contributed by atoms with Crippen LogP contribution >= 0.6 is 0 Å². The van der Waals surface area contributed by atoms with Crippen LogP contribution in [0.15, 0.2) is 0 Å². The number of carbonyl (C=O) groups is 1. The molecule has 11 heavy (non-hydrogen) atoms. The van der Waals surface area contributed by atoms with Crippen LogP contribution in [0, 0.1) is 0 Å². The summed E-state index contributed by atoms with van der Waals surface area (Å²) in [6.45, 7) is 1.37. The fourth-order valence-corrected chi connectivity index (χ4v) is 0.558. The number of aliphatic hydroxyl groups excluding tert-OH is 2. The van der Waals surface area contributed by atoms with Crippen molar-refractivity contribution < 1.29 is 20.1 Å². The zero-order valence-electron chi connectivity index (χ0n) is 6.27. The van der Waals surface area contributed by atoms with Gasteiger partial charge in [0.1, 0.15) is 6.04 Å². The average molecular weight is 163 g/mol. The average Bonchev–Trinajstić information content (AvgIpc) is 1.87. The first kappa shape index (κ1) is 10.3. The number of hydrogen-bond donors (Lipinski definition) is 4. The van der Waals surface area contributed by atoms with E-state index in [1.165, 1.54) is 6.92 Å². The smallest absolute Gasteiger partial charge is 0.320 e. The van der Waals surface area contributed by atoms with E-state index in [1.54, 1.807) is 0 Å². The van der Waals surface area contributed by atoms with Crippen LogP contribution in [0.1, 0.15) is 13.3 Å². The van der Waals surface area contributed by atoms with Gasteiger partial charge in [-0.05, 0) is 6.92 Å². The fraction of sp³-hybridized carbons (Fsp3) is 0.833. The molecular weight excluding hydrogens is 150 g/mol. The maximum absolute atomic E-state index is 10.1. The highest BCUT2D eigenvalue weighted by molar-refractivity contribution is 5.73. The van der Waals surface area contributed by atoms with Crippen molar-refractivity contribution in [3.05, 3.63) is 0 Å². The van der Waals surface area contributed by atoms with Gasteiger partial charge in [0.05, 0.1) is 12.2 Å². The van der Waals surface area contributed by atoms with Gasteiger partial charge in [0.15, 0.2) is 0 Å². The molecule has 0 rings (SSSR count). The molecule has 5 heteroatoms. The van der Waals surface area contributed by atoms with Gasteiger partial charge in [-0.25, -0.2) is 0 Å². The highest BCUT2D eigenvalue weighted by Crippen LogP contribution is 2.00. The summed E-state index contributed by atoms with van der Waals surface area (Å²) in [6.07, 6.45) is -2.14. The first-order valence-corrected chi connectivity index (χ1v) is 3.29. The first-order valence-electron chi connectivity index (χ1n) is 3.29. The van der Waals surface area contributed by atoms with Crippen LogP contribution in [0.2, 0.25) is 0 Å². The summed E-state index contributed by atoms with van der Waals surface area (Å²) >= 11 is 0. The topological polar surface area (TPSA) is 104 Å². The molecule has 0 heterocycles. The molecule has 0 aromatic heterocycles. The van der Waals surface area contributed by atoms with Crippen LogP contribution < -0.4 is 5.73 Å². The summed E-state index contributed by atoms with van der Waals surface area (Å²) in [6, 6.07) is -1.11. The lowest BCUT2D eigenvalue weighted by atomic mass is 10.1. The first-order chi connectivity index (χ1) is 4.95. The summed E-state index contributed by atoms with van der Waals surface area (Å²) in [5.74, 6) is -1.18. The van der Waals surface area contributed by atoms with Crippen molar-refractivity contribution in [1.29, 1.82) is 0 Å². The van der Waals surface area contributed by atoms with Crippen molar-refractivity contribution in [2.75, 3.05) is 0 Å². The fourth-order valence-electron chi connectivity index (χ4n) is 0.558. The molecule has 66 valence electrons. The van der Waals surface area contributed by atoms with Crippen molar-refractivity contribution in [2.24, 2.45) is 5.73 Å². The summed E-state index contributed by atoms with van der Waals surface area (Å²) < 4.78 is 0. The zero-order chi connectivity index (χ0) is 9.02. The third-order valence-electron chi connectivity index (χ3n) is 1.37. The number of aliphatic carboxylic acids is 1. The van der Waals surface area contributed by atoms with Gasteiger partial charge in [0, 0.05) is 6.42 Å². The minimum Gasteiger partial charge on any atom is -0.480 e. The van der Waals surface area contributed by atoms with Crippen molar-refractivity contribution in [3.8, 4) is 0 Å². The van der Waals surface area contributed by atoms with E-state index in [0.29, 0.717) is 0 Å². The second-order valence-electron chi connectivity index (χ2n) is 2.49. The Morgan fingerprint density at radius 2 is 2.00 bits per heavy atom. The third-order valence-corrected chi connectivity index (χ3v) is 1.37. The van der Waals surface area contributed by atoms with Gasteiger partial charge in [-0.15, -0.1) is 0 Å². The Bertz CT molecular complexity index is 137. The summed E-state index contributed by atoms with van der Waals surface area (Å²) in [7, 11) is 0. The molecule has 0 saturated carbocycles. The SMILES string of the molecule is C[C@@H](O)[C@H](O)C[C@@H](N)C(=O)O. The largest absolute Gasteiger partial charge is 0.480 e. The van der Waals surface area contributed by atoms with Crippen LogP contribution in [0.5, 0.6) is 0 Å². The van der Waals surface area contributed by atoms with Crippen LogP contribution in [0.3, 0.4) is 0 Å². The van der Waals surface area contributed by atoms with E-state index in [9.17, 15) is 4.79 Å². The molecule has 0 saturated heterocycles. The molecular formula is C6H13NO4. The number of rotatable bonds is 4. The minimum absolute atomic E-state index is 0.132. The number of aliphatic hydroxyl groups is 2. The van der Waals surface area contributed by atoms with Gasteiger partial charge < -0.3 is 21.1 Å². The molecule has 0 aliphatic heterocycles. The molecule has 0 spiro atoms. The lowest BCUT2D eigenvalue weighted by Crippen LogP contribution is -2.37. The van der Waals surface area contributed by atoms with Crippen LogP contribution in [0.25, 0.3) is 0 Å². The van der Waals surface area contributed by atoms with Crippen LogP contribution in [0.4, 0.5) is 0 Å². The molecule has 0 aliphatic carbocycles. The molecule has 0 aliphatic rings. The maximum Gasteiger partial charge on any atom is 0.320 e. The quantitative estimate of drug-likeness (QED) is 0.405. The molecule has 5 nitrogen and oxygen atoms in total. The molecule has 0 aromatic rings. The van der Waals surface area contributed by atoms with E-state index in [-0.39, 0.29) is 6.42 Å². The van der Waals surface area contributed by atoms with E-state index in [4.69, 9.17) is 21.1 Å². The molecule has 0 bridgehead atoms. The maximum atomic E-state index is 10.1. The summed E-state index contributed by atoms with van der Waals surface area (Å²) in [4.78, 5) is 10.1. The Kier molecular flexibility index (Phi) is 4.02. The molecule has 5 N–H and O–H groups in total. The standard InChI is InChI=1S/C6H13NO4/c1-3(8)5(9)2-4(7)6(10)11/h3-5,8-9H,2,7H2,1H3,(H,10,11)/t3-,4-,5-/m1/s1. The Balaban J connectivity index is 3.75. The Morgan fingerprint density at radius 3 is 2.27 bits per heavy atom. The second kappa shape index (κ2) is 4.27. The van der Waals surface area contributed by atoms with Gasteiger partial charge >= 0.3 is 5.97 Å². The molecule has 3 atom stereocenters. The number of nitrogens with two attached hydrogens (primary N) is 1. The number of carboxylic acids is 1. The highest BCUT2D eigenvalue weighted by atomic mass is 16.4. The lowest BCUT2D eigenvalue weighted by Gasteiger charge is -2.15. The molecule has 0 radical (unpaired) electrons. The zero-order valence-corrected chi connectivity index (χ0v) is 6.27. The predicted molar refractivity (Wildman–Crippen MR) is 37.9 cm³/mol. The van der Waals surface area contributed by atoms with Crippen LogP contribution in [-0.4, -0.2) is 39.5 Å². The molecule has 0 unspecified atom stereocenters. The van der Waals surface area contributed by atoms with E-state index in [1.807, 2.05) is 0 Å². The third kappa shape index (κ3) is 3.92. The van der Waals surface area contributed by atoms with Crippen molar-refractivity contribution in [1.82, 2.24) is 0 Å². The monoisotopic (exact) mass is 163 g/mol. The highest BCUT2D eigenvalue weighted by Gasteiger charge is 2.19. The second-order valence-corrected chi connectivity index (χ2v) is 2.49. The number of hydrogen-bond acceptors (Lipinski definition) is 4.